The summed E-state index contributed by atoms with van der Waals surface area (Å²) < 4.78 is 4.95. The molecule has 0 bridgehead atoms. The summed E-state index contributed by atoms with van der Waals surface area (Å²) in [7, 11) is 0. The van der Waals surface area contributed by atoms with E-state index in [0.717, 1.165) is 12.8 Å². The smallest absolute Gasteiger partial charge is 0.335 e. The molecule has 0 heterocycles. The zero-order valence-corrected chi connectivity index (χ0v) is 8.51. The van der Waals surface area contributed by atoms with Crippen LogP contribution in [0.25, 0.3) is 0 Å². The Balaban J connectivity index is 3.38. The van der Waals surface area contributed by atoms with Crippen LogP contribution in [-0.4, -0.2) is 12.6 Å². The number of carbonyl (C=O) groups is 1. The maximum absolute atomic E-state index is 11.0. The first-order chi connectivity index (χ1) is 6.22. The first-order valence-electron chi connectivity index (χ1n) is 4.78. The summed E-state index contributed by atoms with van der Waals surface area (Å²) in [6.45, 7) is 4.30. The predicted molar refractivity (Wildman–Crippen MR) is 53.0 cm³/mol. The van der Waals surface area contributed by atoms with Crippen molar-refractivity contribution in [2.24, 2.45) is 5.73 Å². The molecule has 0 aliphatic heterocycles. The topological polar surface area (TPSA) is 52.3 Å². The molecule has 0 unspecified atom stereocenters. The van der Waals surface area contributed by atoms with Crippen molar-refractivity contribution in [3.63, 3.8) is 0 Å². The lowest BCUT2D eigenvalue weighted by atomic mass is 10.2. The zero-order valence-electron chi connectivity index (χ0n) is 8.51. The third-order valence-electron chi connectivity index (χ3n) is 1.80. The van der Waals surface area contributed by atoms with Gasteiger partial charge < -0.3 is 10.5 Å². The highest BCUT2D eigenvalue weighted by atomic mass is 16.5. The van der Waals surface area contributed by atoms with E-state index in [2.05, 4.69) is 6.92 Å². The van der Waals surface area contributed by atoms with Gasteiger partial charge in [0, 0.05) is 11.8 Å². The van der Waals surface area contributed by atoms with Crippen molar-refractivity contribution in [2.45, 2.75) is 39.5 Å². The third-order valence-corrected chi connectivity index (χ3v) is 1.80. The number of carbonyl (C=O) groups excluding carboxylic acids is 1. The minimum absolute atomic E-state index is 0.306. The molecule has 76 valence electrons. The molecule has 0 saturated carbocycles. The largest absolute Gasteiger partial charge is 0.462 e. The molecule has 0 aromatic carbocycles. The highest BCUT2D eigenvalue weighted by Crippen LogP contribution is 2.00. The van der Waals surface area contributed by atoms with Crippen molar-refractivity contribution in [1.82, 2.24) is 0 Å². The van der Waals surface area contributed by atoms with Crippen molar-refractivity contribution in [2.75, 3.05) is 6.61 Å². The number of esters is 1. The molecular weight excluding hydrogens is 166 g/mol. The third kappa shape index (κ3) is 6.20. The molecule has 2 N–H and O–H groups in total. The zero-order chi connectivity index (χ0) is 10.1. The number of unbranched alkanes of at least 4 members (excludes halogenated alkanes) is 3. The summed E-state index contributed by atoms with van der Waals surface area (Å²) in [6.07, 6.45) is 5.72. The summed E-state index contributed by atoms with van der Waals surface area (Å²) >= 11 is 0. The Morgan fingerprint density at radius 1 is 1.38 bits per heavy atom. The Hall–Kier alpha value is -0.990. The first kappa shape index (κ1) is 12.0. The van der Waals surface area contributed by atoms with E-state index in [9.17, 15) is 4.79 Å². The van der Waals surface area contributed by atoms with Gasteiger partial charge in [-0.25, -0.2) is 4.79 Å². The van der Waals surface area contributed by atoms with E-state index in [1.807, 2.05) is 0 Å². The van der Waals surface area contributed by atoms with Crippen LogP contribution in [0.1, 0.15) is 39.5 Å². The van der Waals surface area contributed by atoms with Crippen LogP contribution < -0.4 is 5.73 Å². The van der Waals surface area contributed by atoms with E-state index in [0.29, 0.717) is 12.2 Å². The van der Waals surface area contributed by atoms with E-state index in [1.165, 1.54) is 19.0 Å². The average molecular weight is 185 g/mol. The van der Waals surface area contributed by atoms with Crippen LogP contribution in [0.5, 0.6) is 0 Å². The molecule has 0 fully saturated rings. The summed E-state index contributed by atoms with van der Waals surface area (Å²) in [6, 6.07) is 0. The van der Waals surface area contributed by atoms with Crippen LogP contribution in [0.15, 0.2) is 11.8 Å². The van der Waals surface area contributed by atoms with Crippen LogP contribution in [0, 0.1) is 0 Å². The summed E-state index contributed by atoms with van der Waals surface area (Å²) in [5, 5.41) is 0. The fourth-order valence-corrected chi connectivity index (χ4v) is 0.876. The lowest BCUT2D eigenvalue weighted by Gasteiger charge is -2.03. The molecule has 3 nitrogen and oxygen atoms in total. The lowest BCUT2D eigenvalue weighted by Crippen LogP contribution is -2.08. The minimum atomic E-state index is -0.306. The molecule has 0 rings (SSSR count). The van der Waals surface area contributed by atoms with Gasteiger partial charge in [-0.3, -0.25) is 0 Å². The Kier molecular flexibility index (Phi) is 7.07. The fourth-order valence-electron chi connectivity index (χ4n) is 0.876. The van der Waals surface area contributed by atoms with Crippen molar-refractivity contribution in [1.29, 1.82) is 0 Å². The second-order valence-corrected chi connectivity index (χ2v) is 3.05. The molecule has 0 aliphatic rings. The molecule has 13 heavy (non-hydrogen) atoms. The predicted octanol–water partition coefficient (Wildman–Crippen LogP) is 1.97. The van der Waals surface area contributed by atoms with Gasteiger partial charge in [-0.2, -0.15) is 0 Å². The summed E-state index contributed by atoms with van der Waals surface area (Å²) in [5.41, 5.74) is 5.63. The van der Waals surface area contributed by atoms with Crippen molar-refractivity contribution < 1.29 is 9.53 Å². The van der Waals surface area contributed by atoms with Crippen LogP contribution in [0.2, 0.25) is 0 Å². The van der Waals surface area contributed by atoms with E-state index in [1.54, 1.807) is 6.92 Å². The molecule has 0 saturated heterocycles. The second-order valence-electron chi connectivity index (χ2n) is 3.05. The van der Waals surface area contributed by atoms with Crippen molar-refractivity contribution >= 4 is 5.97 Å². The molecule has 0 aromatic heterocycles. The molecular formula is C10H19NO2. The number of hydrogen-bond acceptors (Lipinski definition) is 3. The molecule has 0 amide bonds. The molecule has 0 atom stereocenters. The summed E-state index contributed by atoms with van der Waals surface area (Å²) in [4.78, 5) is 11.0. The summed E-state index contributed by atoms with van der Waals surface area (Å²) in [5.74, 6) is -0.306. The van der Waals surface area contributed by atoms with Gasteiger partial charge in [-0.05, 0) is 13.3 Å². The first-order valence-corrected chi connectivity index (χ1v) is 4.78. The van der Waals surface area contributed by atoms with E-state index < -0.39 is 0 Å². The standard InChI is InChI=1S/C10H19NO2/c1-3-4-5-6-7-13-10(12)9(2)8-11/h8H,3-7,11H2,1-2H3/b9-8+. The maximum atomic E-state index is 11.0. The number of nitrogens with two attached hydrogens (primary N) is 1. The molecule has 0 spiro atoms. The van der Waals surface area contributed by atoms with Gasteiger partial charge in [0.05, 0.1) is 6.61 Å². The Morgan fingerprint density at radius 2 is 2.08 bits per heavy atom. The van der Waals surface area contributed by atoms with Crippen LogP contribution in [0.3, 0.4) is 0 Å². The number of rotatable bonds is 6. The van der Waals surface area contributed by atoms with Gasteiger partial charge in [-0.1, -0.05) is 26.2 Å². The van der Waals surface area contributed by atoms with E-state index >= 15 is 0 Å². The van der Waals surface area contributed by atoms with E-state index in [-0.39, 0.29) is 5.97 Å². The van der Waals surface area contributed by atoms with Gasteiger partial charge in [0.2, 0.25) is 0 Å². The average Bonchev–Trinajstić information content (AvgIpc) is 2.16. The SMILES string of the molecule is CCCCCCOC(=O)/C(C)=C/N. The van der Waals surface area contributed by atoms with Gasteiger partial charge in [-0.15, -0.1) is 0 Å². The van der Waals surface area contributed by atoms with Crippen LogP contribution in [0.4, 0.5) is 0 Å². The minimum Gasteiger partial charge on any atom is -0.462 e. The highest BCUT2D eigenvalue weighted by molar-refractivity contribution is 5.87. The fraction of sp³-hybridized carbons (Fsp3) is 0.700. The lowest BCUT2D eigenvalue weighted by molar-refractivity contribution is -0.139. The Bertz CT molecular complexity index is 176. The van der Waals surface area contributed by atoms with Gasteiger partial charge in [0.1, 0.15) is 0 Å². The van der Waals surface area contributed by atoms with Gasteiger partial charge in [0.25, 0.3) is 0 Å². The van der Waals surface area contributed by atoms with Gasteiger partial charge >= 0.3 is 5.97 Å². The Morgan fingerprint density at radius 3 is 2.62 bits per heavy atom. The van der Waals surface area contributed by atoms with Crippen LogP contribution in [-0.2, 0) is 9.53 Å². The van der Waals surface area contributed by atoms with Gasteiger partial charge in [0.15, 0.2) is 0 Å². The highest BCUT2D eigenvalue weighted by Gasteiger charge is 2.03. The second kappa shape index (κ2) is 7.65. The Labute approximate surface area is 79.9 Å². The normalized spacial score (nSPS) is 11.4. The number of ether oxygens (including phenoxy) is 1. The molecule has 0 radical (unpaired) electrons. The quantitative estimate of drug-likeness (QED) is 0.391. The molecule has 3 heteroatoms. The molecule has 0 aromatic rings. The van der Waals surface area contributed by atoms with Crippen molar-refractivity contribution in [3.8, 4) is 0 Å². The number of hydrogen-bond donors (Lipinski definition) is 1. The van der Waals surface area contributed by atoms with E-state index in [4.69, 9.17) is 10.5 Å². The van der Waals surface area contributed by atoms with Crippen LogP contribution >= 0.6 is 0 Å². The monoisotopic (exact) mass is 185 g/mol. The maximum Gasteiger partial charge on any atom is 0.335 e. The van der Waals surface area contributed by atoms with Crippen molar-refractivity contribution in [3.05, 3.63) is 11.8 Å². The molecule has 0 aliphatic carbocycles.